The molecule has 4 heteroatoms. The van der Waals surface area contributed by atoms with E-state index < -0.39 is 5.97 Å². The lowest BCUT2D eigenvalue weighted by atomic mass is 10.1. The molecule has 0 atom stereocenters. The van der Waals surface area contributed by atoms with E-state index >= 15 is 0 Å². The van der Waals surface area contributed by atoms with Gasteiger partial charge in [-0.3, -0.25) is 0 Å². The summed E-state index contributed by atoms with van der Waals surface area (Å²) in [4.78, 5) is 10.9. The molecule has 0 aliphatic rings. The van der Waals surface area contributed by atoms with E-state index in [1.807, 2.05) is 19.1 Å². The minimum Gasteiger partial charge on any atom is -0.482 e. The molecule has 15 heavy (non-hydrogen) atoms. The molecule has 4 nitrogen and oxygen atoms in total. The van der Waals surface area contributed by atoms with E-state index in [4.69, 9.17) is 10.5 Å². The number of aryl methyl sites for hydroxylation is 1. The summed E-state index contributed by atoms with van der Waals surface area (Å²) < 4.78 is 9.76. The summed E-state index contributed by atoms with van der Waals surface area (Å²) in [6.45, 7) is 2.27. The van der Waals surface area contributed by atoms with Gasteiger partial charge in [-0.25, -0.2) is 4.79 Å². The van der Waals surface area contributed by atoms with E-state index in [-0.39, 0.29) is 6.61 Å². The first kappa shape index (κ1) is 11.5. The van der Waals surface area contributed by atoms with Gasteiger partial charge in [-0.15, -0.1) is 0 Å². The lowest BCUT2D eigenvalue weighted by molar-refractivity contribution is -0.142. The van der Waals surface area contributed by atoms with E-state index in [0.29, 0.717) is 12.3 Å². The van der Waals surface area contributed by atoms with Crippen LogP contribution in [0.3, 0.4) is 0 Å². The van der Waals surface area contributed by atoms with Gasteiger partial charge in [0.25, 0.3) is 0 Å². The number of esters is 1. The summed E-state index contributed by atoms with van der Waals surface area (Å²) in [5.41, 5.74) is 7.56. The van der Waals surface area contributed by atoms with Gasteiger partial charge in [0.1, 0.15) is 5.75 Å². The van der Waals surface area contributed by atoms with Crippen LogP contribution >= 0.6 is 0 Å². The zero-order valence-corrected chi connectivity index (χ0v) is 8.95. The van der Waals surface area contributed by atoms with Gasteiger partial charge in [-0.1, -0.05) is 17.7 Å². The van der Waals surface area contributed by atoms with E-state index in [1.54, 1.807) is 6.07 Å². The van der Waals surface area contributed by atoms with Crippen molar-refractivity contribution >= 4 is 5.97 Å². The van der Waals surface area contributed by atoms with Crippen molar-refractivity contribution in [3.8, 4) is 5.75 Å². The summed E-state index contributed by atoms with van der Waals surface area (Å²) in [5, 5.41) is 0. The lowest BCUT2D eigenvalue weighted by Gasteiger charge is -2.09. The quantitative estimate of drug-likeness (QED) is 0.752. The number of hydrogen-bond acceptors (Lipinski definition) is 4. The highest BCUT2D eigenvalue weighted by Gasteiger charge is 2.05. The van der Waals surface area contributed by atoms with Crippen LogP contribution in [-0.4, -0.2) is 19.7 Å². The van der Waals surface area contributed by atoms with Gasteiger partial charge in [-0.05, 0) is 13.0 Å². The Labute approximate surface area is 89.0 Å². The highest BCUT2D eigenvalue weighted by atomic mass is 16.6. The molecule has 0 saturated carbocycles. The Morgan fingerprint density at radius 3 is 2.80 bits per heavy atom. The molecule has 0 radical (unpaired) electrons. The fourth-order valence-electron chi connectivity index (χ4n) is 1.20. The minimum atomic E-state index is -0.404. The number of benzene rings is 1. The van der Waals surface area contributed by atoms with Crippen molar-refractivity contribution in [3.05, 3.63) is 29.3 Å². The molecule has 1 rings (SSSR count). The van der Waals surface area contributed by atoms with Crippen LogP contribution in [0.15, 0.2) is 18.2 Å². The first-order valence-electron chi connectivity index (χ1n) is 4.66. The summed E-state index contributed by atoms with van der Waals surface area (Å²) in [6.07, 6.45) is 0. The third kappa shape index (κ3) is 3.25. The predicted molar refractivity (Wildman–Crippen MR) is 56.6 cm³/mol. The maximum Gasteiger partial charge on any atom is 0.343 e. The molecule has 0 aliphatic carbocycles. The smallest absolute Gasteiger partial charge is 0.343 e. The molecule has 0 heterocycles. The molecular weight excluding hydrogens is 194 g/mol. The van der Waals surface area contributed by atoms with E-state index in [0.717, 1.165) is 11.1 Å². The molecular formula is C11H15NO3. The van der Waals surface area contributed by atoms with Crippen LogP contribution in [-0.2, 0) is 16.1 Å². The van der Waals surface area contributed by atoms with Crippen molar-refractivity contribution < 1.29 is 14.3 Å². The summed E-state index contributed by atoms with van der Waals surface area (Å²) in [6, 6.07) is 5.65. The van der Waals surface area contributed by atoms with Gasteiger partial charge in [0.15, 0.2) is 6.61 Å². The van der Waals surface area contributed by atoms with Crippen molar-refractivity contribution in [2.24, 2.45) is 5.73 Å². The third-order valence-electron chi connectivity index (χ3n) is 2.01. The summed E-state index contributed by atoms with van der Waals surface area (Å²) >= 11 is 0. The second kappa shape index (κ2) is 5.36. The number of methoxy groups -OCH3 is 1. The Kier molecular flexibility index (Phi) is 4.12. The topological polar surface area (TPSA) is 61.5 Å². The van der Waals surface area contributed by atoms with Gasteiger partial charge >= 0.3 is 5.97 Å². The first-order valence-corrected chi connectivity index (χ1v) is 4.66. The molecule has 1 aromatic carbocycles. The van der Waals surface area contributed by atoms with Crippen LogP contribution in [0.25, 0.3) is 0 Å². The average Bonchev–Trinajstić information content (AvgIpc) is 2.26. The van der Waals surface area contributed by atoms with Crippen LogP contribution in [0.4, 0.5) is 0 Å². The maximum absolute atomic E-state index is 10.9. The zero-order chi connectivity index (χ0) is 11.3. The Morgan fingerprint density at radius 2 is 2.20 bits per heavy atom. The molecule has 0 saturated heterocycles. The Balaban J connectivity index is 2.72. The molecule has 1 aromatic rings. The molecule has 0 amide bonds. The fraction of sp³-hybridized carbons (Fsp3) is 0.364. The molecule has 0 bridgehead atoms. The number of ether oxygens (including phenoxy) is 2. The van der Waals surface area contributed by atoms with Crippen molar-refractivity contribution in [1.29, 1.82) is 0 Å². The predicted octanol–water partition coefficient (Wildman–Crippen LogP) is 1.01. The minimum absolute atomic E-state index is 0.0907. The Bertz CT molecular complexity index is 350. The molecule has 0 unspecified atom stereocenters. The maximum atomic E-state index is 10.9. The highest BCUT2D eigenvalue weighted by molar-refractivity contribution is 5.70. The van der Waals surface area contributed by atoms with Crippen LogP contribution in [0.2, 0.25) is 0 Å². The van der Waals surface area contributed by atoms with Crippen molar-refractivity contribution in [3.63, 3.8) is 0 Å². The van der Waals surface area contributed by atoms with Gasteiger partial charge in [0.05, 0.1) is 7.11 Å². The van der Waals surface area contributed by atoms with E-state index in [9.17, 15) is 4.79 Å². The van der Waals surface area contributed by atoms with Crippen molar-refractivity contribution in [2.75, 3.05) is 13.7 Å². The summed E-state index contributed by atoms with van der Waals surface area (Å²) in [5.74, 6) is 0.229. The Hall–Kier alpha value is -1.55. The van der Waals surface area contributed by atoms with E-state index in [2.05, 4.69) is 4.74 Å². The number of nitrogens with two attached hydrogens (primary N) is 1. The second-order valence-corrected chi connectivity index (χ2v) is 3.18. The van der Waals surface area contributed by atoms with Gasteiger partial charge in [-0.2, -0.15) is 0 Å². The number of rotatable bonds is 4. The number of carbonyl (C=O) groups excluding carboxylic acids is 1. The normalized spacial score (nSPS) is 9.80. The SMILES string of the molecule is COC(=O)COc1ccc(C)cc1CN. The van der Waals surface area contributed by atoms with Crippen molar-refractivity contribution in [2.45, 2.75) is 13.5 Å². The molecule has 0 aromatic heterocycles. The lowest BCUT2D eigenvalue weighted by Crippen LogP contribution is -2.14. The number of hydrogen-bond donors (Lipinski definition) is 1. The Morgan fingerprint density at radius 1 is 1.47 bits per heavy atom. The monoisotopic (exact) mass is 209 g/mol. The van der Waals surface area contributed by atoms with E-state index in [1.165, 1.54) is 7.11 Å². The highest BCUT2D eigenvalue weighted by Crippen LogP contribution is 2.19. The van der Waals surface area contributed by atoms with Gasteiger partial charge < -0.3 is 15.2 Å². The van der Waals surface area contributed by atoms with Crippen LogP contribution in [0, 0.1) is 6.92 Å². The summed E-state index contributed by atoms with van der Waals surface area (Å²) in [7, 11) is 1.32. The average molecular weight is 209 g/mol. The molecule has 2 N–H and O–H groups in total. The molecule has 0 spiro atoms. The molecule has 82 valence electrons. The third-order valence-corrected chi connectivity index (χ3v) is 2.01. The van der Waals surface area contributed by atoms with Crippen molar-refractivity contribution in [1.82, 2.24) is 0 Å². The number of carbonyl (C=O) groups is 1. The van der Waals surface area contributed by atoms with Gasteiger partial charge in [0.2, 0.25) is 0 Å². The van der Waals surface area contributed by atoms with Crippen LogP contribution in [0.5, 0.6) is 5.75 Å². The first-order chi connectivity index (χ1) is 7.17. The second-order valence-electron chi connectivity index (χ2n) is 3.18. The zero-order valence-electron chi connectivity index (χ0n) is 8.95. The largest absolute Gasteiger partial charge is 0.482 e. The van der Waals surface area contributed by atoms with Gasteiger partial charge in [0, 0.05) is 12.1 Å². The molecule has 0 aliphatic heterocycles. The van der Waals surface area contributed by atoms with Crippen LogP contribution < -0.4 is 10.5 Å². The van der Waals surface area contributed by atoms with Crippen LogP contribution in [0.1, 0.15) is 11.1 Å². The standard InChI is InChI=1S/C11H15NO3/c1-8-3-4-10(9(5-8)6-12)15-7-11(13)14-2/h3-5H,6-7,12H2,1-2H3. The molecule has 0 fully saturated rings. The fourth-order valence-corrected chi connectivity index (χ4v) is 1.20.